The fourth-order valence-corrected chi connectivity index (χ4v) is 7.96. The van der Waals surface area contributed by atoms with Gasteiger partial charge in [-0.3, -0.25) is 18.9 Å². The molecule has 3 saturated heterocycles. The van der Waals surface area contributed by atoms with Crippen LogP contribution in [0, 0.1) is 0 Å². The fourth-order valence-electron chi connectivity index (χ4n) is 7.45. The van der Waals surface area contributed by atoms with Crippen LogP contribution in [0.5, 0.6) is 0 Å². The van der Waals surface area contributed by atoms with Gasteiger partial charge >= 0.3 is 16.4 Å². The average Bonchev–Trinajstić information content (AvgIpc) is 3.20. The van der Waals surface area contributed by atoms with Gasteiger partial charge in [-0.25, -0.2) is 4.18 Å². The molecule has 23 heteroatoms. The van der Waals surface area contributed by atoms with Crippen molar-refractivity contribution in [2.24, 2.45) is 0 Å². The highest BCUT2D eigenvalue weighted by Gasteiger charge is 2.59. The molecule has 1 aromatic carbocycles. The Labute approximate surface area is 346 Å². The van der Waals surface area contributed by atoms with E-state index in [1.54, 1.807) is 0 Å². The molecule has 0 spiro atoms. The maximum Gasteiger partial charge on any atom is 0.397 e. The highest BCUT2D eigenvalue weighted by Crippen LogP contribution is 2.39. The Morgan fingerprint density at radius 3 is 1.95 bits per heavy atom. The number of aliphatic hydroxyl groups excluding tert-OH is 7. The Bertz CT molecular complexity index is 1690. The van der Waals surface area contributed by atoms with Crippen LogP contribution in [0.25, 0.3) is 0 Å². The van der Waals surface area contributed by atoms with Crippen molar-refractivity contribution >= 4 is 28.1 Å². The first-order chi connectivity index (χ1) is 28.3. The summed E-state index contributed by atoms with van der Waals surface area (Å²) < 4.78 is 71.5. The second-order valence-corrected chi connectivity index (χ2v) is 16.1. The van der Waals surface area contributed by atoms with Gasteiger partial charge in [-0.15, -0.1) is 0 Å². The summed E-state index contributed by atoms with van der Waals surface area (Å²) in [4.78, 5) is 38.2. The first-order valence-corrected chi connectivity index (χ1v) is 20.9. The third-order valence-corrected chi connectivity index (χ3v) is 11.2. The topological polar surface area (TPSA) is 344 Å². The fraction of sp³-hybridized carbons (Fsp3) is 0.757. The quantitative estimate of drug-likeness (QED) is 0.0282. The number of Topliss-reactive ketones (excluding diaryl/α,β-unsaturated/α-hetero) is 1. The maximum absolute atomic E-state index is 14.1. The highest BCUT2D eigenvalue weighted by atomic mass is 32.3. The number of benzene rings is 1. The smallest absolute Gasteiger partial charge is 0.397 e. The van der Waals surface area contributed by atoms with E-state index in [-0.39, 0.29) is 36.4 Å². The number of amides is 1. The van der Waals surface area contributed by atoms with Crippen molar-refractivity contribution in [3.05, 3.63) is 35.4 Å². The largest absolute Gasteiger partial charge is 0.469 e. The molecule has 1 amide bonds. The van der Waals surface area contributed by atoms with Gasteiger partial charge in [0.1, 0.15) is 67.1 Å². The van der Waals surface area contributed by atoms with E-state index < -0.39 is 127 Å². The summed E-state index contributed by atoms with van der Waals surface area (Å²) in [6, 6.07) is 3.87. The number of methoxy groups -OCH3 is 1. The van der Waals surface area contributed by atoms with Crippen molar-refractivity contribution in [1.82, 2.24) is 5.32 Å². The highest BCUT2D eigenvalue weighted by molar-refractivity contribution is 7.80. The summed E-state index contributed by atoms with van der Waals surface area (Å²) in [5.41, 5.74) is -0.174. The maximum atomic E-state index is 14.1. The number of nitrogens with one attached hydrogen (secondary N) is 1. The van der Waals surface area contributed by atoms with E-state index in [2.05, 4.69) is 14.2 Å². The Balaban J connectivity index is 1.77. The van der Waals surface area contributed by atoms with Crippen LogP contribution in [0.3, 0.4) is 0 Å². The van der Waals surface area contributed by atoms with E-state index in [4.69, 9.17) is 23.7 Å². The zero-order valence-electron chi connectivity index (χ0n) is 33.3. The van der Waals surface area contributed by atoms with E-state index in [1.807, 2.05) is 0 Å². The normalized spacial score (nSPS) is 36.1. The van der Waals surface area contributed by atoms with E-state index in [1.165, 1.54) is 45.2 Å². The van der Waals surface area contributed by atoms with Crippen LogP contribution >= 0.6 is 0 Å². The molecule has 15 atom stereocenters. The van der Waals surface area contributed by atoms with Crippen molar-refractivity contribution in [2.45, 2.75) is 157 Å². The van der Waals surface area contributed by atoms with Crippen LogP contribution in [-0.4, -0.2) is 183 Å². The number of ether oxygens (including phenoxy) is 6. The lowest BCUT2D eigenvalue weighted by molar-refractivity contribution is -0.389. The molecule has 0 bridgehead atoms. The summed E-state index contributed by atoms with van der Waals surface area (Å²) >= 11 is 0. The Hall–Kier alpha value is -2.82. The lowest BCUT2D eigenvalue weighted by atomic mass is 9.85. The molecule has 3 fully saturated rings. The van der Waals surface area contributed by atoms with Gasteiger partial charge in [0, 0.05) is 18.4 Å². The number of rotatable bonds is 20. The van der Waals surface area contributed by atoms with Gasteiger partial charge < -0.3 is 74.6 Å². The molecular weight excluding hydrogens is 826 g/mol. The molecule has 0 saturated carbocycles. The molecule has 4 rings (SSSR count). The van der Waals surface area contributed by atoms with Crippen LogP contribution in [0.15, 0.2) is 24.3 Å². The monoisotopic (exact) mass is 883 g/mol. The van der Waals surface area contributed by atoms with Crippen molar-refractivity contribution in [3.63, 3.8) is 0 Å². The van der Waals surface area contributed by atoms with Crippen molar-refractivity contribution < 1.29 is 101 Å². The number of hydrogen-bond acceptors (Lipinski definition) is 20. The standard InChI is InChI=1S/C37H57NO21S/c1-18(41)20-12-9-10-13-21(20)34(48)38-33-32(57-35-28(46)27(45)25(43)19(2)54-35)30(56-36-29(47)31(59-60(50,51)52)26(44)22(16-39)55-36)23(17-40)58-37(33,49)15-11-7-5-4-6-8-14-24(42)53-3/h9-10,12-13,19,22-23,25-33,35-36,39-40,43-47,49H,4-8,11,14-17H2,1-3H3,(H,38,48)(H,50,51,52)/t19-,22+,23+,25+,26-,27+,28-,29+,30+,31-,32-,33+,35-,36-,37+/m0/s1. The molecule has 3 aliphatic heterocycles. The number of unbranched alkanes of at least 4 members (excludes halogenated alkanes) is 5. The van der Waals surface area contributed by atoms with Gasteiger partial charge in [-0.2, -0.15) is 8.42 Å². The van der Waals surface area contributed by atoms with Crippen molar-refractivity contribution in [2.75, 3.05) is 20.3 Å². The van der Waals surface area contributed by atoms with Gasteiger partial charge in [-0.1, -0.05) is 43.9 Å². The second kappa shape index (κ2) is 22.0. The predicted octanol–water partition coefficient (Wildman–Crippen LogP) is -2.41. The minimum absolute atomic E-state index is 0.0184. The van der Waals surface area contributed by atoms with E-state index in [0.717, 1.165) is 0 Å². The van der Waals surface area contributed by atoms with Crippen molar-refractivity contribution in [3.8, 4) is 0 Å². The Kier molecular flexibility index (Phi) is 18.3. The van der Waals surface area contributed by atoms with Gasteiger partial charge in [-0.05, 0) is 32.8 Å². The summed E-state index contributed by atoms with van der Waals surface area (Å²) in [6.07, 6.45) is -21.0. The number of hydrogen-bond donors (Lipinski definition) is 10. The van der Waals surface area contributed by atoms with Gasteiger partial charge in [0.05, 0.1) is 32.0 Å². The van der Waals surface area contributed by atoms with E-state index in [0.29, 0.717) is 32.1 Å². The second-order valence-electron chi connectivity index (χ2n) is 15.0. The lowest BCUT2D eigenvalue weighted by Crippen LogP contribution is -2.73. The number of carbonyl (C=O) groups is 3. The summed E-state index contributed by atoms with van der Waals surface area (Å²) in [6.45, 7) is 0.558. The van der Waals surface area contributed by atoms with Crippen LogP contribution in [0.4, 0.5) is 0 Å². The van der Waals surface area contributed by atoms with Crippen molar-refractivity contribution in [1.29, 1.82) is 0 Å². The first kappa shape index (κ1) is 49.8. The third kappa shape index (κ3) is 12.4. The molecule has 0 aromatic heterocycles. The molecule has 1 aromatic rings. The Morgan fingerprint density at radius 2 is 1.35 bits per heavy atom. The average molecular weight is 884 g/mol. The number of ketones is 1. The zero-order chi connectivity index (χ0) is 44.5. The summed E-state index contributed by atoms with van der Waals surface area (Å²) in [5.74, 6) is -4.28. The molecule has 3 heterocycles. The molecule has 60 heavy (non-hydrogen) atoms. The summed E-state index contributed by atoms with van der Waals surface area (Å²) in [5, 5.41) is 89.6. The lowest BCUT2D eigenvalue weighted by Gasteiger charge is -2.53. The molecule has 3 aliphatic rings. The summed E-state index contributed by atoms with van der Waals surface area (Å²) in [7, 11) is -4.06. The van der Waals surface area contributed by atoms with Crippen LogP contribution in [0.2, 0.25) is 0 Å². The molecule has 0 aliphatic carbocycles. The van der Waals surface area contributed by atoms with Crippen LogP contribution in [-0.2, 0) is 47.8 Å². The molecular formula is C37H57NO21S. The van der Waals surface area contributed by atoms with E-state index in [9.17, 15) is 68.2 Å². The van der Waals surface area contributed by atoms with E-state index >= 15 is 0 Å². The molecule has 10 N–H and O–H groups in total. The van der Waals surface area contributed by atoms with Gasteiger partial charge in [0.25, 0.3) is 5.91 Å². The van der Waals surface area contributed by atoms with Crippen LogP contribution < -0.4 is 5.32 Å². The third-order valence-electron chi connectivity index (χ3n) is 10.7. The first-order valence-electron chi connectivity index (χ1n) is 19.5. The zero-order valence-corrected chi connectivity index (χ0v) is 34.1. The minimum atomic E-state index is -5.35. The number of esters is 1. The predicted molar refractivity (Wildman–Crippen MR) is 200 cm³/mol. The molecule has 0 unspecified atom stereocenters. The molecule has 22 nitrogen and oxygen atoms in total. The molecule has 0 radical (unpaired) electrons. The minimum Gasteiger partial charge on any atom is -0.469 e. The Morgan fingerprint density at radius 1 is 0.767 bits per heavy atom. The number of carbonyl (C=O) groups excluding carboxylic acids is 3. The van der Waals surface area contributed by atoms with Gasteiger partial charge in [0.2, 0.25) is 0 Å². The van der Waals surface area contributed by atoms with Gasteiger partial charge in [0.15, 0.2) is 24.2 Å². The molecule has 342 valence electrons. The number of aliphatic hydroxyl groups is 8. The SMILES string of the molecule is COC(=O)CCCCCCCC[C@@]1(O)O[C@H](CO)[C@@H](O[C@@H]2O[C@H](CO)[C@H](O)[C@H](OS(=O)(=O)O)[C@H]2O)[C@H](O[C@@H]2O[C@@H](C)[C@@H](O)[C@@H](O)[C@@H]2O)[C@H]1NC(=O)c1ccccc1C(C)=O. The van der Waals surface area contributed by atoms with Crippen LogP contribution in [0.1, 0.15) is 85.9 Å².